The highest BCUT2D eigenvalue weighted by molar-refractivity contribution is 7.11. The third-order valence-corrected chi connectivity index (χ3v) is 6.67. The zero-order valence-corrected chi connectivity index (χ0v) is 21.1. The highest BCUT2D eigenvalue weighted by Gasteiger charge is 2.16. The zero-order valence-electron chi connectivity index (χ0n) is 19.6. The van der Waals surface area contributed by atoms with Crippen LogP contribution in [-0.4, -0.2) is 31.3 Å². The van der Waals surface area contributed by atoms with Crippen molar-refractivity contribution in [3.05, 3.63) is 87.2 Å². The monoisotopic (exact) mass is 530 g/mol. The van der Waals surface area contributed by atoms with E-state index in [0.717, 1.165) is 16.8 Å². The van der Waals surface area contributed by atoms with Crippen molar-refractivity contribution in [2.75, 3.05) is 20.5 Å². The predicted molar refractivity (Wildman–Crippen MR) is 141 cm³/mol. The minimum absolute atomic E-state index is 0.154. The molecule has 5 rings (SSSR count). The van der Waals surface area contributed by atoms with Gasteiger partial charge in [-0.05, 0) is 66.2 Å². The molecular formula is C28H19ClN2O5S. The first-order valence-electron chi connectivity index (χ1n) is 11.1. The Morgan fingerprint density at radius 3 is 2.70 bits per heavy atom. The average Bonchev–Trinajstić information content (AvgIpc) is 3.60. The van der Waals surface area contributed by atoms with Crippen LogP contribution in [0.4, 0.5) is 0 Å². The highest BCUT2D eigenvalue weighted by Crippen LogP contribution is 2.37. The van der Waals surface area contributed by atoms with Crippen LogP contribution in [0.15, 0.2) is 66.0 Å². The lowest BCUT2D eigenvalue weighted by atomic mass is 10.1. The molecule has 3 aromatic carbocycles. The number of carbonyl (C=O) groups is 1. The molecule has 0 unspecified atom stereocenters. The number of halogens is 1. The standard InChI is InChI=1S/C28H19ClN2O5S/c1-33-26-11-17(2-8-24(26)34-14-23(32)18-3-6-21(29)7-4-18)10-20(13-30)28-31-22(15-37-28)19-5-9-25-27(12-19)36-16-35-25/h2-12,15H,14,16H2,1H3/b20-10-. The molecule has 37 heavy (non-hydrogen) atoms. The molecule has 0 radical (unpaired) electrons. The van der Waals surface area contributed by atoms with Crippen LogP contribution in [0, 0.1) is 11.3 Å². The number of benzene rings is 3. The second-order valence-electron chi connectivity index (χ2n) is 7.90. The van der Waals surface area contributed by atoms with Gasteiger partial charge in [0.25, 0.3) is 0 Å². The Bertz CT molecular complexity index is 1540. The molecule has 2 heterocycles. The van der Waals surface area contributed by atoms with Gasteiger partial charge in [0.15, 0.2) is 35.4 Å². The molecule has 1 aliphatic rings. The van der Waals surface area contributed by atoms with Crippen molar-refractivity contribution in [1.29, 1.82) is 5.26 Å². The van der Waals surface area contributed by atoms with Gasteiger partial charge in [-0.25, -0.2) is 4.98 Å². The molecule has 1 aromatic heterocycles. The maximum Gasteiger partial charge on any atom is 0.231 e. The summed E-state index contributed by atoms with van der Waals surface area (Å²) >= 11 is 7.26. The van der Waals surface area contributed by atoms with Crippen molar-refractivity contribution in [2.24, 2.45) is 0 Å². The summed E-state index contributed by atoms with van der Waals surface area (Å²) in [5.74, 6) is 2.05. The van der Waals surface area contributed by atoms with Gasteiger partial charge in [0.2, 0.25) is 6.79 Å². The maximum atomic E-state index is 12.4. The fraction of sp³-hybridized carbons (Fsp3) is 0.107. The number of carbonyl (C=O) groups excluding carboxylic acids is 1. The number of ketones is 1. The van der Waals surface area contributed by atoms with Gasteiger partial charge in [0.05, 0.1) is 18.4 Å². The Labute approximate surface area is 222 Å². The molecule has 0 aliphatic carbocycles. The number of rotatable bonds is 8. The molecule has 9 heteroatoms. The van der Waals surface area contributed by atoms with Gasteiger partial charge in [-0.2, -0.15) is 5.26 Å². The fourth-order valence-corrected chi connectivity index (χ4v) is 4.57. The van der Waals surface area contributed by atoms with E-state index in [4.69, 9.17) is 30.5 Å². The number of hydrogen-bond donors (Lipinski definition) is 0. The zero-order chi connectivity index (χ0) is 25.8. The van der Waals surface area contributed by atoms with Crippen LogP contribution in [0.25, 0.3) is 22.9 Å². The SMILES string of the molecule is COc1cc(/C=C(/C#N)c2nc(-c3ccc4c(c3)OCO4)cs2)ccc1OCC(=O)c1ccc(Cl)cc1. The molecule has 0 atom stereocenters. The van der Waals surface area contributed by atoms with Crippen molar-refractivity contribution < 1.29 is 23.7 Å². The first kappa shape index (κ1) is 24.4. The number of allylic oxidation sites excluding steroid dienone is 1. The summed E-state index contributed by atoms with van der Waals surface area (Å²) in [6.45, 7) is 0.0484. The molecule has 0 saturated carbocycles. The first-order valence-corrected chi connectivity index (χ1v) is 12.4. The Balaban J connectivity index is 1.32. The van der Waals surface area contributed by atoms with E-state index in [0.29, 0.717) is 44.2 Å². The van der Waals surface area contributed by atoms with E-state index in [9.17, 15) is 10.1 Å². The fourth-order valence-electron chi connectivity index (χ4n) is 3.65. The smallest absolute Gasteiger partial charge is 0.231 e. The number of nitrogens with zero attached hydrogens (tertiary/aromatic N) is 2. The summed E-state index contributed by atoms with van der Waals surface area (Å²) in [6, 6.07) is 19.7. The number of aromatic nitrogens is 1. The Kier molecular flexibility index (Phi) is 7.08. The van der Waals surface area contributed by atoms with Crippen LogP contribution in [-0.2, 0) is 0 Å². The van der Waals surface area contributed by atoms with Crippen molar-refractivity contribution in [2.45, 2.75) is 0 Å². The van der Waals surface area contributed by atoms with Crippen molar-refractivity contribution in [3.63, 3.8) is 0 Å². The summed E-state index contributed by atoms with van der Waals surface area (Å²) in [6.07, 6.45) is 1.73. The summed E-state index contributed by atoms with van der Waals surface area (Å²) in [5, 5.41) is 12.8. The van der Waals surface area contributed by atoms with E-state index >= 15 is 0 Å². The number of ether oxygens (including phenoxy) is 4. The highest BCUT2D eigenvalue weighted by atomic mass is 35.5. The molecule has 7 nitrogen and oxygen atoms in total. The summed E-state index contributed by atoms with van der Waals surface area (Å²) in [5.41, 5.74) is 3.26. The van der Waals surface area contributed by atoms with Crippen LogP contribution < -0.4 is 18.9 Å². The van der Waals surface area contributed by atoms with Crippen LogP contribution in [0.2, 0.25) is 5.02 Å². The summed E-state index contributed by atoms with van der Waals surface area (Å²) in [7, 11) is 1.51. The number of hydrogen-bond acceptors (Lipinski definition) is 8. The molecule has 0 saturated heterocycles. The lowest BCUT2D eigenvalue weighted by Crippen LogP contribution is -2.12. The normalized spacial score (nSPS) is 12.2. The number of fused-ring (bicyclic) bond motifs is 1. The van der Waals surface area contributed by atoms with Gasteiger partial charge in [0, 0.05) is 21.5 Å². The van der Waals surface area contributed by atoms with Crippen molar-refractivity contribution >= 4 is 40.4 Å². The van der Waals surface area contributed by atoms with Gasteiger partial charge in [-0.1, -0.05) is 17.7 Å². The lowest BCUT2D eigenvalue weighted by Gasteiger charge is -2.11. The van der Waals surface area contributed by atoms with Crippen LogP contribution in [0.5, 0.6) is 23.0 Å². The molecule has 1 aliphatic heterocycles. The topological polar surface area (TPSA) is 90.7 Å². The minimum atomic E-state index is -0.184. The third-order valence-electron chi connectivity index (χ3n) is 5.55. The maximum absolute atomic E-state index is 12.4. The molecule has 184 valence electrons. The lowest BCUT2D eigenvalue weighted by molar-refractivity contribution is 0.0919. The molecule has 0 bridgehead atoms. The van der Waals surface area contributed by atoms with Gasteiger partial charge < -0.3 is 18.9 Å². The van der Waals surface area contributed by atoms with E-state index in [-0.39, 0.29) is 19.2 Å². The van der Waals surface area contributed by atoms with E-state index in [1.54, 1.807) is 48.5 Å². The Morgan fingerprint density at radius 2 is 1.92 bits per heavy atom. The Morgan fingerprint density at radius 1 is 1.11 bits per heavy atom. The van der Waals surface area contributed by atoms with Crippen LogP contribution >= 0.6 is 22.9 Å². The number of Topliss-reactive ketones (excluding diaryl/α,β-unsaturated/α-hetero) is 1. The average molecular weight is 531 g/mol. The molecule has 0 amide bonds. The summed E-state index contributed by atoms with van der Waals surface area (Å²) in [4.78, 5) is 17.1. The van der Waals surface area contributed by atoms with E-state index in [1.165, 1.54) is 18.4 Å². The second-order valence-corrected chi connectivity index (χ2v) is 9.20. The van der Waals surface area contributed by atoms with Gasteiger partial charge in [-0.15, -0.1) is 11.3 Å². The first-order chi connectivity index (χ1) is 18.0. The number of methoxy groups -OCH3 is 1. The van der Waals surface area contributed by atoms with Crippen LogP contribution in [0.3, 0.4) is 0 Å². The minimum Gasteiger partial charge on any atom is -0.493 e. The van der Waals surface area contributed by atoms with E-state index < -0.39 is 0 Å². The number of nitriles is 1. The van der Waals surface area contributed by atoms with Crippen molar-refractivity contribution in [1.82, 2.24) is 4.98 Å². The van der Waals surface area contributed by atoms with Crippen LogP contribution in [0.1, 0.15) is 20.9 Å². The molecule has 0 N–H and O–H groups in total. The quantitative estimate of drug-likeness (QED) is 0.189. The van der Waals surface area contributed by atoms with Crippen molar-refractivity contribution in [3.8, 4) is 40.3 Å². The van der Waals surface area contributed by atoms with Gasteiger partial charge in [-0.3, -0.25) is 4.79 Å². The predicted octanol–water partition coefficient (Wildman–Crippen LogP) is 6.53. The molecule has 4 aromatic rings. The summed E-state index contributed by atoms with van der Waals surface area (Å²) < 4.78 is 22.0. The molecule has 0 spiro atoms. The Hall–Kier alpha value is -4.32. The largest absolute Gasteiger partial charge is 0.493 e. The number of thiazole rings is 1. The second kappa shape index (κ2) is 10.7. The molecule has 0 fully saturated rings. The third kappa shape index (κ3) is 5.43. The van der Waals surface area contributed by atoms with Gasteiger partial charge >= 0.3 is 0 Å². The van der Waals surface area contributed by atoms with E-state index in [1.807, 2.05) is 23.6 Å². The van der Waals surface area contributed by atoms with E-state index in [2.05, 4.69) is 11.1 Å². The van der Waals surface area contributed by atoms with Gasteiger partial charge in [0.1, 0.15) is 11.1 Å². The molecular weight excluding hydrogens is 512 g/mol.